The van der Waals surface area contributed by atoms with E-state index in [0.717, 1.165) is 11.1 Å². The highest BCUT2D eigenvalue weighted by atomic mass is 35.5. The number of imidazole rings is 1. The lowest BCUT2D eigenvalue weighted by Crippen LogP contribution is -2.15. The average Bonchev–Trinajstić information content (AvgIpc) is 3.08. The monoisotopic (exact) mass is 462 g/mol. The number of nitrogens with two attached hydrogens (primary N) is 1. The van der Waals surface area contributed by atoms with Gasteiger partial charge < -0.3 is 4.57 Å². The molecule has 2 aromatic heterocycles. The van der Waals surface area contributed by atoms with Crippen LogP contribution in [0.2, 0.25) is 0 Å². The zero-order valence-corrected chi connectivity index (χ0v) is 17.9. The second kappa shape index (κ2) is 7.99. The van der Waals surface area contributed by atoms with Gasteiger partial charge in [-0.1, -0.05) is 30.3 Å². The first-order valence-corrected chi connectivity index (χ1v) is 11.3. The lowest BCUT2D eigenvalue weighted by molar-refractivity contribution is 0.535. The molecule has 0 aliphatic carbocycles. The summed E-state index contributed by atoms with van der Waals surface area (Å²) in [4.78, 5) is 8.25. The lowest BCUT2D eigenvalue weighted by Gasteiger charge is -2.14. The molecule has 160 valence electrons. The van der Waals surface area contributed by atoms with Crippen LogP contribution in [-0.2, 0) is 22.4 Å². The number of pyridine rings is 1. The third-order valence-electron chi connectivity index (χ3n) is 4.99. The number of primary sulfonamides is 1. The maximum absolute atomic E-state index is 14.7. The van der Waals surface area contributed by atoms with E-state index >= 15 is 0 Å². The van der Waals surface area contributed by atoms with Gasteiger partial charge in [0, 0.05) is 16.8 Å². The summed E-state index contributed by atoms with van der Waals surface area (Å²) in [6.45, 7) is 1.59. The van der Waals surface area contributed by atoms with Crippen molar-refractivity contribution in [1.29, 1.82) is 0 Å². The molecule has 0 radical (unpaired) electrons. The third-order valence-corrected chi connectivity index (χ3v) is 6.13. The Kier molecular flexibility index (Phi) is 5.50. The Balaban J connectivity index is 1.96. The first kappa shape index (κ1) is 21.4. The van der Waals surface area contributed by atoms with Gasteiger partial charge in [-0.15, -0.1) is 11.6 Å². The Morgan fingerprint density at radius 1 is 1.13 bits per heavy atom. The smallest absolute Gasteiger partial charge is 0.238 e. The van der Waals surface area contributed by atoms with Crippen LogP contribution in [0.5, 0.6) is 0 Å². The Morgan fingerprint density at radius 3 is 2.35 bits per heavy atom. The van der Waals surface area contributed by atoms with Crippen LogP contribution in [0.15, 0.2) is 53.6 Å². The predicted octanol–water partition coefficient (Wildman–Crippen LogP) is 4.12. The van der Waals surface area contributed by atoms with Gasteiger partial charge in [-0.25, -0.2) is 27.3 Å². The molecule has 2 heterocycles. The van der Waals surface area contributed by atoms with Crippen molar-refractivity contribution in [2.75, 3.05) is 0 Å². The van der Waals surface area contributed by atoms with E-state index in [0.29, 0.717) is 34.7 Å². The van der Waals surface area contributed by atoms with E-state index in [-0.39, 0.29) is 18.0 Å². The molecule has 6 nitrogen and oxygen atoms in total. The summed E-state index contributed by atoms with van der Waals surface area (Å²) in [5.41, 5.74) is 3.18. The SMILES string of the molecule is Cc1ncc2nc(CCl)n(Cc3c(F)cc(S(N)(=O)=O)cc3F)c2c1-c1ccccc1. The van der Waals surface area contributed by atoms with Crippen LogP contribution < -0.4 is 5.14 Å². The Morgan fingerprint density at radius 2 is 1.77 bits per heavy atom. The van der Waals surface area contributed by atoms with Gasteiger partial charge in [-0.05, 0) is 24.6 Å². The highest BCUT2D eigenvalue weighted by molar-refractivity contribution is 7.89. The van der Waals surface area contributed by atoms with Crippen LogP contribution in [0.4, 0.5) is 8.78 Å². The summed E-state index contributed by atoms with van der Waals surface area (Å²) in [5, 5.41) is 5.00. The summed E-state index contributed by atoms with van der Waals surface area (Å²) in [6, 6.07) is 10.9. The van der Waals surface area contributed by atoms with E-state index in [1.54, 1.807) is 10.8 Å². The van der Waals surface area contributed by atoms with Gasteiger partial charge >= 0.3 is 0 Å². The number of nitrogens with zero attached hydrogens (tertiary/aromatic N) is 3. The molecular formula is C21H17ClF2N4O2S. The normalized spacial score (nSPS) is 11.9. The van der Waals surface area contributed by atoms with E-state index in [1.165, 1.54) is 0 Å². The fraction of sp³-hybridized carbons (Fsp3) is 0.143. The van der Waals surface area contributed by atoms with Crippen molar-refractivity contribution in [3.8, 4) is 11.1 Å². The average molecular weight is 463 g/mol. The van der Waals surface area contributed by atoms with Gasteiger partial charge in [0.2, 0.25) is 10.0 Å². The van der Waals surface area contributed by atoms with Gasteiger partial charge in [-0.3, -0.25) is 4.98 Å². The lowest BCUT2D eigenvalue weighted by atomic mass is 10.0. The minimum Gasteiger partial charge on any atom is -0.322 e. The maximum Gasteiger partial charge on any atom is 0.238 e. The molecule has 0 amide bonds. The first-order chi connectivity index (χ1) is 14.7. The van der Waals surface area contributed by atoms with Gasteiger partial charge in [-0.2, -0.15) is 0 Å². The third kappa shape index (κ3) is 3.91. The Bertz CT molecular complexity index is 1380. The van der Waals surface area contributed by atoms with Crippen LogP contribution in [0.25, 0.3) is 22.2 Å². The van der Waals surface area contributed by atoms with Crippen molar-refractivity contribution in [3.63, 3.8) is 0 Å². The molecule has 0 atom stereocenters. The zero-order chi connectivity index (χ0) is 22.3. The fourth-order valence-electron chi connectivity index (χ4n) is 3.54. The van der Waals surface area contributed by atoms with Gasteiger partial charge in [0.25, 0.3) is 0 Å². The summed E-state index contributed by atoms with van der Waals surface area (Å²) in [7, 11) is -4.25. The van der Waals surface area contributed by atoms with Gasteiger partial charge in [0.05, 0.1) is 29.0 Å². The largest absolute Gasteiger partial charge is 0.322 e. The molecule has 0 spiro atoms. The molecule has 0 saturated heterocycles. The Labute approximate surface area is 182 Å². The van der Waals surface area contributed by atoms with E-state index in [2.05, 4.69) is 9.97 Å². The molecule has 0 aliphatic heterocycles. The number of hydrogen-bond donors (Lipinski definition) is 1. The van der Waals surface area contributed by atoms with Crippen LogP contribution in [0.3, 0.4) is 0 Å². The first-order valence-electron chi connectivity index (χ1n) is 9.17. The molecule has 0 bridgehead atoms. The van der Waals surface area contributed by atoms with E-state index in [4.69, 9.17) is 16.7 Å². The fourth-order valence-corrected chi connectivity index (χ4v) is 4.28. The highest BCUT2D eigenvalue weighted by Crippen LogP contribution is 2.33. The molecule has 4 aromatic rings. The number of fused-ring (bicyclic) bond motifs is 1. The standard InChI is InChI=1S/C21H17ClF2N4O2S/c1-12-20(13-5-3-2-4-6-13)21-18(10-26-12)27-19(9-22)28(21)11-15-16(23)7-14(8-17(15)24)31(25,29)30/h2-8,10H,9,11H2,1H3,(H2,25,29,30). The van der Waals surface area contributed by atoms with Crippen LogP contribution in [-0.4, -0.2) is 23.0 Å². The van der Waals surface area contributed by atoms with E-state index in [9.17, 15) is 17.2 Å². The number of benzene rings is 2. The molecule has 10 heteroatoms. The maximum atomic E-state index is 14.7. The van der Waals surface area contributed by atoms with Crippen molar-refractivity contribution < 1.29 is 17.2 Å². The second-order valence-corrected chi connectivity index (χ2v) is 8.81. The summed E-state index contributed by atoms with van der Waals surface area (Å²) in [6.07, 6.45) is 1.58. The summed E-state index contributed by atoms with van der Waals surface area (Å²) < 4.78 is 54.1. The number of sulfonamides is 1. The van der Waals surface area contributed by atoms with E-state index in [1.807, 2.05) is 37.3 Å². The molecule has 31 heavy (non-hydrogen) atoms. The number of rotatable bonds is 5. The second-order valence-electron chi connectivity index (χ2n) is 6.98. The molecule has 0 unspecified atom stereocenters. The molecule has 0 saturated carbocycles. The van der Waals surface area contributed by atoms with Crippen LogP contribution in [0, 0.1) is 18.6 Å². The van der Waals surface area contributed by atoms with E-state index < -0.39 is 26.6 Å². The van der Waals surface area contributed by atoms with Crippen molar-refractivity contribution >= 4 is 32.7 Å². The molecule has 0 fully saturated rings. The van der Waals surface area contributed by atoms with Gasteiger partial charge in [0.1, 0.15) is 23.0 Å². The number of alkyl halides is 1. The van der Waals surface area contributed by atoms with Crippen molar-refractivity contribution in [1.82, 2.24) is 14.5 Å². The molecule has 2 aromatic carbocycles. The number of halogens is 3. The molecule has 0 aliphatic rings. The summed E-state index contributed by atoms with van der Waals surface area (Å²) in [5.74, 6) is -1.66. The minimum atomic E-state index is -4.25. The quantitative estimate of drug-likeness (QED) is 0.452. The molecular weight excluding hydrogens is 446 g/mol. The molecule has 2 N–H and O–H groups in total. The number of aromatic nitrogens is 3. The van der Waals surface area contributed by atoms with Crippen molar-refractivity contribution in [2.45, 2.75) is 24.2 Å². The predicted molar refractivity (Wildman–Crippen MR) is 114 cm³/mol. The number of hydrogen-bond acceptors (Lipinski definition) is 4. The highest BCUT2D eigenvalue weighted by Gasteiger charge is 2.22. The van der Waals surface area contributed by atoms with Crippen LogP contribution in [0.1, 0.15) is 17.1 Å². The minimum absolute atomic E-state index is 0.000455. The van der Waals surface area contributed by atoms with Crippen molar-refractivity contribution in [3.05, 3.63) is 77.4 Å². The molecule has 4 rings (SSSR count). The summed E-state index contributed by atoms with van der Waals surface area (Å²) >= 11 is 6.09. The zero-order valence-electron chi connectivity index (χ0n) is 16.3. The Hall–Kier alpha value is -2.88. The van der Waals surface area contributed by atoms with Crippen LogP contribution >= 0.6 is 11.6 Å². The topological polar surface area (TPSA) is 90.9 Å². The van der Waals surface area contributed by atoms with Gasteiger partial charge in [0.15, 0.2) is 0 Å². The van der Waals surface area contributed by atoms with Crippen molar-refractivity contribution in [2.24, 2.45) is 5.14 Å². The number of aryl methyl sites for hydroxylation is 1.